The Kier molecular flexibility index (Phi) is 3.07. The predicted molar refractivity (Wildman–Crippen MR) is 59.1 cm³/mol. The van der Waals surface area contributed by atoms with Gasteiger partial charge in [0.2, 0.25) is 0 Å². The zero-order valence-electron chi connectivity index (χ0n) is 7.86. The van der Waals surface area contributed by atoms with E-state index in [-0.39, 0.29) is 0 Å². The van der Waals surface area contributed by atoms with Crippen LogP contribution in [0.5, 0.6) is 0 Å². The summed E-state index contributed by atoms with van der Waals surface area (Å²) >= 11 is 1.97. The van der Waals surface area contributed by atoms with Gasteiger partial charge in [0, 0.05) is 24.1 Å². The number of nitrogens with one attached hydrogen (secondary N) is 1. The summed E-state index contributed by atoms with van der Waals surface area (Å²) in [6.07, 6.45) is 0. The molecule has 0 unspecified atom stereocenters. The van der Waals surface area contributed by atoms with Crippen molar-refractivity contribution in [2.45, 2.75) is 12.6 Å². The molecule has 0 aliphatic carbocycles. The van der Waals surface area contributed by atoms with Crippen molar-refractivity contribution in [1.29, 1.82) is 5.26 Å². The van der Waals surface area contributed by atoms with Gasteiger partial charge in [-0.25, -0.2) is 0 Å². The Hall–Kier alpha value is -0.980. The minimum atomic E-state index is 0.672. The maximum Gasteiger partial charge on any atom is 0.0991 e. The molecule has 1 fully saturated rings. The maximum atomic E-state index is 8.72. The molecule has 0 amide bonds. The van der Waals surface area contributed by atoms with Gasteiger partial charge in [-0.1, -0.05) is 12.1 Å². The summed E-state index contributed by atoms with van der Waals surface area (Å²) in [4.78, 5) is 0. The number of benzene rings is 1. The summed E-state index contributed by atoms with van der Waals surface area (Å²) in [5, 5.41) is 12.2. The third-order valence-electron chi connectivity index (χ3n) is 2.29. The van der Waals surface area contributed by atoms with E-state index >= 15 is 0 Å². The molecule has 1 N–H and O–H groups in total. The lowest BCUT2D eigenvalue weighted by Gasteiger charge is -2.26. The Labute approximate surface area is 88.3 Å². The second-order valence-corrected chi connectivity index (χ2v) is 4.50. The Balaban J connectivity index is 1.91. The van der Waals surface area contributed by atoms with E-state index in [1.54, 1.807) is 0 Å². The maximum absolute atomic E-state index is 8.72. The standard InChI is InChI=1S/C11H12N2S/c12-5-9-2-1-3-10(4-9)6-13-11-7-14-8-11/h1-4,11,13H,6-8H2. The average Bonchev–Trinajstić information content (AvgIpc) is 2.16. The molecule has 2 nitrogen and oxygen atoms in total. The van der Waals surface area contributed by atoms with Crippen molar-refractivity contribution in [3.05, 3.63) is 35.4 Å². The second kappa shape index (κ2) is 4.50. The van der Waals surface area contributed by atoms with Gasteiger partial charge in [0.15, 0.2) is 0 Å². The fourth-order valence-electron chi connectivity index (χ4n) is 1.37. The van der Waals surface area contributed by atoms with Crippen LogP contribution in [0.25, 0.3) is 0 Å². The molecule has 3 heteroatoms. The molecule has 72 valence electrons. The molecule has 1 aromatic rings. The Morgan fingerprint density at radius 1 is 1.50 bits per heavy atom. The van der Waals surface area contributed by atoms with Gasteiger partial charge in [0.1, 0.15) is 0 Å². The molecule has 2 rings (SSSR count). The average molecular weight is 204 g/mol. The van der Waals surface area contributed by atoms with E-state index < -0.39 is 0 Å². The highest BCUT2D eigenvalue weighted by atomic mass is 32.2. The highest BCUT2D eigenvalue weighted by Gasteiger charge is 2.16. The first-order valence-corrected chi connectivity index (χ1v) is 5.84. The van der Waals surface area contributed by atoms with Crippen molar-refractivity contribution < 1.29 is 0 Å². The quantitative estimate of drug-likeness (QED) is 0.815. The minimum Gasteiger partial charge on any atom is -0.308 e. The van der Waals surface area contributed by atoms with Gasteiger partial charge in [-0.2, -0.15) is 17.0 Å². The monoisotopic (exact) mass is 204 g/mol. The molecule has 14 heavy (non-hydrogen) atoms. The van der Waals surface area contributed by atoms with Crippen molar-refractivity contribution in [3.63, 3.8) is 0 Å². The van der Waals surface area contributed by atoms with Gasteiger partial charge in [-0.05, 0) is 17.7 Å². The van der Waals surface area contributed by atoms with Crippen LogP contribution in [0.4, 0.5) is 0 Å². The number of hydrogen-bond donors (Lipinski definition) is 1. The van der Waals surface area contributed by atoms with E-state index in [9.17, 15) is 0 Å². The van der Waals surface area contributed by atoms with Crippen LogP contribution in [-0.4, -0.2) is 17.5 Å². The number of nitriles is 1. The molecule has 0 saturated carbocycles. The van der Waals surface area contributed by atoms with Crippen LogP contribution in [0.3, 0.4) is 0 Å². The van der Waals surface area contributed by atoms with Gasteiger partial charge in [0.25, 0.3) is 0 Å². The van der Waals surface area contributed by atoms with E-state index in [4.69, 9.17) is 5.26 Å². The molecule has 1 aromatic carbocycles. The Morgan fingerprint density at radius 2 is 2.36 bits per heavy atom. The van der Waals surface area contributed by atoms with Crippen molar-refractivity contribution in [3.8, 4) is 6.07 Å². The number of rotatable bonds is 3. The number of nitrogens with zero attached hydrogens (tertiary/aromatic N) is 1. The molecule has 1 aliphatic heterocycles. The molecule has 0 aromatic heterocycles. The third kappa shape index (κ3) is 2.28. The molecular weight excluding hydrogens is 192 g/mol. The van der Waals surface area contributed by atoms with Gasteiger partial charge in [-0.3, -0.25) is 0 Å². The van der Waals surface area contributed by atoms with Crippen LogP contribution >= 0.6 is 11.8 Å². The van der Waals surface area contributed by atoms with Crippen LogP contribution in [0.15, 0.2) is 24.3 Å². The molecule has 0 spiro atoms. The van der Waals surface area contributed by atoms with Crippen molar-refractivity contribution in [2.75, 3.05) is 11.5 Å². The van der Waals surface area contributed by atoms with Crippen LogP contribution < -0.4 is 5.32 Å². The van der Waals surface area contributed by atoms with Crippen LogP contribution in [0, 0.1) is 11.3 Å². The van der Waals surface area contributed by atoms with E-state index in [2.05, 4.69) is 17.5 Å². The lowest BCUT2D eigenvalue weighted by atomic mass is 10.1. The van der Waals surface area contributed by atoms with Crippen LogP contribution in [-0.2, 0) is 6.54 Å². The first kappa shape index (κ1) is 9.57. The Morgan fingerprint density at radius 3 is 3.00 bits per heavy atom. The Bertz CT molecular complexity index is 353. The zero-order valence-corrected chi connectivity index (χ0v) is 8.68. The van der Waals surface area contributed by atoms with Gasteiger partial charge in [0.05, 0.1) is 11.6 Å². The summed E-state index contributed by atoms with van der Waals surface area (Å²) in [6, 6.07) is 10.6. The molecule has 0 radical (unpaired) electrons. The smallest absolute Gasteiger partial charge is 0.0991 e. The van der Waals surface area contributed by atoms with Crippen LogP contribution in [0.2, 0.25) is 0 Å². The fraction of sp³-hybridized carbons (Fsp3) is 0.364. The highest BCUT2D eigenvalue weighted by Crippen LogP contribution is 2.17. The predicted octanol–water partition coefficient (Wildman–Crippen LogP) is 1.76. The zero-order chi connectivity index (χ0) is 9.80. The summed E-state index contributed by atoms with van der Waals surface area (Å²) in [5.41, 5.74) is 1.94. The molecule has 1 aliphatic rings. The minimum absolute atomic E-state index is 0.672. The normalized spacial score (nSPS) is 15.9. The van der Waals surface area contributed by atoms with E-state index in [0.717, 1.165) is 12.1 Å². The summed E-state index contributed by atoms with van der Waals surface area (Å²) in [6.45, 7) is 0.876. The third-order valence-corrected chi connectivity index (χ3v) is 3.57. The van der Waals surface area contributed by atoms with Gasteiger partial charge < -0.3 is 5.32 Å². The summed E-state index contributed by atoms with van der Waals surface area (Å²) < 4.78 is 0. The molecular formula is C11H12N2S. The van der Waals surface area contributed by atoms with Gasteiger partial charge >= 0.3 is 0 Å². The van der Waals surface area contributed by atoms with Crippen molar-refractivity contribution in [2.24, 2.45) is 0 Å². The number of hydrogen-bond acceptors (Lipinski definition) is 3. The van der Waals surface area contributed by atoms with Crippen molar-refractivity contribution in [1.82, 2.24) is 5.32 Å². The highest BCUT2D eigenvalue weighted by molar-refractivity contribution is 8.00. The topological polar surface area (TPSA) is 35.8 Å². The van der Waals surface area contributed by atoms with E-state index in [0.29, 0.717) is 6.04 Å². The second-order valence-electron chi connectivity index (χ2n) is 3.43. The largest absolute Gasteiger partial charge is 0.308 e. The first-order valence-electron chi connectivity index (χ1n) is 4.68. The lowest BCUT2D eigenvalue weighted by molar-refractivity contribution is 0.583. The number of thioether (sulfide) groups is 1. The molecule has 0 bridgehead atoms. The van der Waals surface area contributed by atoms with Crippen molar-refractivity contribution >= 4 is 11.8 Å². The first-order chi connectivity index (χ1) is 6.88. The van der Waals surface area contributed by atoms with Crippen LogP contribution in [0.1, 0.15) is 11.1 Å². The molecule has 0 atom stereocenters. The lowest BCUT2D eigenvalue weighted by Crippen LogP contribution is -2.39. The summed E-state index contributed by atoms with van der Waals surface area (Å²) in [5.74, 6) is 2.44. The molecule has 1 heterocycles. The summed E-state index contributed by atoms with van der Waals surface area (Å²) in [7, 11) is 0. The SMILES string of the molecule is N#Cc1cccc(CNC2CSC2)c1. The van der Waals surface area contributed by atoms with Gasteiger partial charge in [-0.15, -0.1) is 0 Å². The van der Waals surface area contributed by atoms with E-state index in [1.807, 2.05) is 30.0 Å². The molecule has 1 saturated heterocycles. The van der Waals surface area contributed by atoms with E-state index in [1.165, 1.54) is 17.1 Å². The fourth-order valence-corrected chi connectivity index (χ4v) is 2.07.